The second-order valence-electron chi connectivity index (χ2n) is 7.08. The lowest BCUT2D eigenvalue weighted by Gasteiger charge is -2.33. The van der Waals surface area contributed by atoms with Crippen LogP contribution in [0.2, 0.25) is 0 Å². The summed E-state index contributed by atoms with van der Waals surface area (Å²) in [6.45, 7) is 6.42. The Balaban J connectivity index is 1.78. The first-order chi connectivity index (χ1) is 9.54. The van der Waals surface area contributed by atoms with Gasteiger partial charge in [0.25, 0.3) is 0 Å². The SMILES string of the molecule is CCC1CCCC(OC(C)CC(C)(C#N)NC2CC2)C1. The molecule has 0 bridgehead atoms. The van der Waals surface area contributed by atoms with Crippen molar-refractivity contribution in [1.29, 1.82) is 5.26 Å². The topological polar surface area (TPSA) is 45.0 Å². The molecule has 0 amide bonds. The first-order valence-electron chi connectivity index (χ1n) is 8.39. The summed E-state index contributed by atoms with van der Waals surface area (Å²) in [6.07, 6.45) is 10.1. The van der Waals surface area contributed by atoms with Gasteiger partial charge in [-0.2, -0.15) is 5.26 Å². The van der Waals surface area contributed by atoms with Crippen molar-refractivity contribution in [3.63, 3.8) is 0 Å². The van der Waals surface area contributed by atoms with Crippen LogP contribution < -0.4 is 5.32 Å². The highest BCUT2D eigenvalue weighted by molar-refractivity contribution is 5.08. The van der Waals surface area contributed by atoms with E-state index in [1.807, 2.05) is 6.92 Å². The van der Waals surface area contributed by atoms with E-state index in [9.17, 15) is 5.26 Å². The molecule has 2 rings (SSSR count). The van der Waals surface area contributed by atoms with E-state index in [0.717, 1.165) is 12.3 Å². The van der Waals surface area contributed by atoms with Crippen molar-refractivity contribution in [1.82, 2.24) is 5.32 Å². The lowest BCUT2D eigenvalue weighted by atomic mass is 9.85. The summed E-state index contributed by atoms with van der Waals surface area (Å²) in [5.41, 5.74) is -0.431. The predicted molar refractivity (Wildman–Crippen MR) is 81.4 cm³/mol. The van der Waals surface area contributed by atoms with E-state index >= 15 is 0 Å². The van der Waals surface area contributed by atoms with Crippen molar-refractivity contribution in [3.8, 4) is 6.07 Å². The highest BCUT2D eigenvalue weighted by Crippen LogP contribution is 2.30. The van der Waals surface area contributed by atoms with Crippen LogP contribution in [0.25, 0.3) is 0 Å². The summed E-state index contributed by atoms with van der Waals surface area (Å²) in [4.78, 5) is 0. The van der Waals surface area contributed by atoms with Gasteiger partial charge in [0.05, 0.1) is 18.3 Å². The standard InChI is InChI=1S/C17H30N2O/c1-4-14-6-5-7-16(10-14)20-13(2)11-17(3,12-18)19-15-8-9-15/h13-16,19H,4-11H2,1-3H3. The predicted octanol–water partition coefficient (Wildman–Crippen LogP) is 3.78. The van der Waals surface area contributed by atoms with E-state index in [1.54, 1.807) is 0 Å². The van der Waals surface area contributed by atoms with E-state index in [2.05, 4.69) is 25.2 Å². The Hall–Kier alpha value is -0.590. The number of hydrogen-bond acceptors (Lipinski definition) is 3. The molecule has 3 nitrogen and oxygen atoms in total. The van der Waals surface area contributed by atoms with Gasteiger partial charge in [0, 0.05) is 12.5 Å². The van der Waals surface area contributed by atoms with Gasteiger partial charge < -0.3 is 4.74 Å². The van der Waals surface area contributed by atoms with Crippen LogP contribution in [0.15, 0.2) is 0 Å². The summed E-state index contributed by atoms with van der Waals surface area (Å²) in [5, 5.41) is 12.9. The average molecular weight is 278 g/mol. The van der Waals surface area contributed by atoms with Gasteiger partial charge in [-0.1, -0.05) is 26.2 Å². The number of nitriles is 1. The Labute approximate surface area is 124 Å². The molecule has 20 heavy (non-hydrogen) atoms. The fourth-order valence-corrected chi connectivity index (χ4v) is 3.50. The third kappa shape index (κ3) is 4.75. The molecule has 0 spiro atoms. The zero-order chi connectivity index (χ0) is 14.6. The zero-order valence-electron chi connectivity index (χ0n) is 13.3. The van der Waals surface area contributed by atoms with Crippen LogP contribution in [-0.2, 0) is 4.74 Å². The maximum atomic E-state index is 9.43. The first-order valence-corrected chi connectivity index (χ1v) is 8.39. The molecule has 4 unspecified atom stereocenters. The second-order valence-corrected chi connectivity index (χ2v) is 7.08. The lowest BCUT2D eigenvalue weighted by Crippen LogP contribution is -2.45. The van der Waals surface area contributed by atoms with Crippen molar-refractivity contribution in [3.05, 3.63) is 0 Å². The summed E-state index contributed by atoms with van der Waals surface area (Å²) in [7, 11) is 0. The van der Waals surface area contributed by atoms with Crippen LogP contribution in [-0.4, -0.2) is 23.8 Å². The van der Waals surface area contributed by atoms with Gasteiger partial charge in [-0.3, -0.25) is 5.32 Å². The minimum absolute atomic E-state index is 0.159. The Morgan fingerprint density at radius 3 is 2.70 bits per heavy atom. The van der Waals surface area contributed by atoms with E-state index in [1.165, 1.54) is 44.9 Å². The Morgan fingerprint density at radius 1 is 1.35 bits per heavy atom. The molecule has 0 radical (unpaired) electrons. The van der Waals surface area contributed by atoms with Crippen molar-refractivity contribution in [2.45, 2.75) is 95.9 Å². The van der Waals surface area contributed by atoms with Gasteiger partial charge in [-0.15, -0.1) is 0 Å². The van der Waals surface area contributed by atoms with E-state index in [-0.39, 0.29) is 6.10 Å². The van der Waals surface area contributed by atoms with E-state index < -0.39 is 5.54 Å². The average Bonchev–Trinajstić information content (AvgIpc) is 3.22. The zero-order valence-corrected chi connectivity index (χ0v) is 13.3. The van der Waals surface area contributed by atoms with E-state index in [4.69, 9.17) is 4.74 Å². The fraction of sp³-hybridized carbons (Fsp3) is 0.941. The molecule has 0 aromatic carbocycles. The third-order valence-corrected chi connectivity index (χ3v) is 4.78. The van der Waals surface area contributed by atoms with Gasteiger partial charge >= 0.3 is 0 Å². The fourth-order valence-electron chi connectivity index (χ4n) is 3.50. The van der Waals surface area contributed by atoms with Gasteiger partial charge in [0.2, 0.25) is 0 Å². The highest BCUT2D eigenvalue weighted by Gasteiger charge is 2.34. The van der Waals surface area contributed by atoms with Gasteiger partial charge in [0.1, 0.15) is 5.54 Å². The number of ether oxygens (including phenoxy) is 1. The molecular weight excluding hydrogens is 248 g/mol. The number of rotatable bonds is 7. The molecule has 2 saturated carbocycles. The third-order valence-electron chi connectivity index (χ3n) is 4.78. The smallest absolute Gasteiger partial charge is 0.106 e. The Bertz CT molecular complexity index is 347. The Morgan fingerprint density at radius 2 is 2.10 bits per heavy atom. The van der Waals surface area contributed by atoms with Crippen molar-refractivity contribution < 1.29 is 4.74 Å². The van der Waals surface area contributed by atoms with Gasteiger partial charge in [-0.05, 0) is 45.4 Å². The molecule has 0 aromatic rings. The molecular formula is C17H30N2O. The minimum atomic E-state index is -0.431. The molecule has 3 heteroatoms. The van der Waals surface area contributed by atoms with Crippen molar-refractivity contribution >= 4 is 0 Å². The summed E-state index contributed by atoms with van der Waals surface area (Å²) < 4.78 is 6.23. The molecule has 2 fully saturated rings. The van der Waals surface area contributed by atoms with Crippen LogP contribution in [0.1, 0.15) is 72.1 Å². The molecule has 2 aliphatic rings. The molecule has 2 aliphatic carbocycles. The monoisotopic (exact) mass is 278 g/mol. The summed E-state index contributed by atoms with van der Waals surface area (Å²) in [6, 6.07) is 3.01. The van der Waals surface area contributed by atoms with Gasteiger partial charge in [-0.25, -0.2) is 0 Å². The molecule has 0 aromatic heterocycles. The first kappa shape index (κ1) is 15.8. The van der Waals surface area contributed by atoms with Crippen LogP contribution >= 0.6 is 0 Å². The molecule has 0 aliphatic heterocycles. The van der Waals surface area contributed by atoms with Crippen LogP contribution in [0.4, 0.5) is 0 Å². The molecule has 0 saturated heterocycles. The molecule has 4 atom stereocenters. The van der Waals surface area contributed by atoms with Crippen LogP contribution in [0, 0.1) is 17.2 Å². The normalized spacial score (nSPS) is 31.3. The van der Waals surface area contributed by atoms with Crippen molar-refractivity contribution in [2.24, 2.45) is 5.92 Å². The highest BCUT2D eigenvalue weighted by atomic mass is 16.5. The molecule has 0 heterocycles. The van der Waals surface area contributed by atoms with E-state index in [0.29, 0.717) is 12.1 Å². The molecule has 114 valence electrons. The minimum Gasteiger partial charge on any atom is -0.375 e. The van der Waals surface area contributed by atoms with Gasteiger partial charge in [0.15, 0.2) is 0 Å². The summed E-state index contributed by atoms with van der Waals surface area (Å²) in [5.74, 6) is 0.841. The van der Waals surface area contributed by atoms with Crippen molar-refractivity contribution in [2.75, 3.05) is 0 Å². The largest absolute Gasteiger partial charge is 0.375 e. The quantitative estimate of drug-likeness (QED) is 0.770. The van der Waals surface area contributed by atoms with Crippen LogP contribution in [0.5, 0.6) is 0 Å². The molecule has 1 N–H and O–H groups in total. The van der Waals surface area contributed by atoms with Crippen LogP contribution in [0.3, 0.4) is 0 Å². The number of nitrogens with one attached hydrogen (secondary N) is 1. The Kier molecular flexibility index (Phi) is 5.46. The maximum Gasteiger partial charge on any atom is 0.106 e. The number of nitrogens with zero attached hydrogens (tertiary/aromatic N) is 1. The lowest BCUT2D eigenvalue weighted by molar-refractivity contribution is -0.0418. The second kappa shape index (κ2) is 6.91. The summed E-state index contributed by atoms with van der Waals surface area (Å²) >= 11 is 0. The maximum absolute atomic E-state index is 9.43. The number of hydrogen-bond donors (Lipinski definition) is 1.